The zero-order chi connectivity index (χ0) is 38.9. The molecule has 1 aliphatic heterocycles. The SMILES string of the molecule is CN1[CH-]N(c2[c-]c(-n3c4[c-]c(-n5nc(-c6ccccc6)c(-c6c(F)c(F)c(F)c(F)c6F)c5-c5ccccc5)ccc4c4ccccc43)ccc2)c2ccccc21.[Pt]. The molecule has 0 aliphatic carbocycles. The van der Waals surface area contributed by atoms with E-state index in [0.717, 1.165) is 39.0 Å². The zero-order valence-electron chi connectivity index (χ0n) is 30.3. The standard InChI is InChI=1S/C47H27F5N5.Pt/c1-54-27-55(37-22-11-10-21-36(37)54)30-17-12-18-31(25-30)56-35-20-9-8-19-33(35)34-24-23-32(26-38(34)56)57-47(29-15-6-3-7-16-29)40(46(53-57)28-13-4-2-5-14-28)39-41(48)43(50)45(52)44(51)42(39)49;/h2-24,27H,1H3;/q-3;. The van der Waals surface area contributed by atoms with Crippen molar-refractivity contribution in [3.8, 4) is 45.0 Å². The van der Waals surface area contributed by atoms with Crippen molar-refractivity contribution in [2.45, 2.75) is 0 Å². The van der Waals surface area contributed by atoms with Crippen molar-refractivity contribution in [1.29, 1.82) is 0 Å². The Hall–Kier alpha value is -6.51. The van der Waals surface area contributed by atoms with Crippen molar-refractivity contribution < 1.29 is 43.0 Å². The molecule has 0 saturated heterocycles. The van der Waals surface area contributed by atoms with Crippen LogP contribution in [0.15, 0.2) is 140 Å². The molecule has 0 spiro atoms. The molecule has 58 heavy (non-hydrogen) atoms. The fraction of sp³-hybridized carbons (Fsp3) is 0.0213. The number of fused-ring (bicyclic) bond motifs is 4. The second kappa shape index (κ2) is 14.5. The average molecular weight is 952 g/mol. The van der Waals surface area contributed by atoms with Gasteiger partial charge in [0.15, 0.2) is 23.3 Å². The Morgan fingerprint density at radius 3 is 1.84 bits per heavy atom. The van der Waals surface area contributed by atoms with Crippen LogP contribution in [0.3, 0.4) is 0 Å². The van der Waals surface area contributed by atoms with Gasteiger partial charge in [-0.2, -0.15) is 23.9 Å². The number of hydrogen-bond donors (Lipinski definition) is 0. The molecule has 2 aromatic heterocycles. The minimum Gasteiger partial charge on any atom is -0.504 e. The molecule has 3 heterocycles. The number of benzene rings is 7. The van der Waals surface area contributed by atoms with E-state index in [0.29, 0.717) is 22.3 Å². The Morgan fingerprint density at radius 1 is 0.517 bits per heavy atom. The van der Waals surface area contributed by atoms with Gasteiger partial charge in [-0.25, -0.2) is 22.0 Å². The molecule has 9 aromatic rings. The fourth-order valence-corrected chi connectivity index (χ4v) is 7.74. The Kier molecular flexibility index (Phi) is 9.24. The molecule has 0 amide bonds. The third-order valence-electron chi connectivity index (χ3n) is 10.3. The molecule has 10 rings (SSSR count). The molecule has 288 valence electrons. The summed E-state index contributed by atoms with van der Waals surface area (Å²) in [6.45, 7) is 2.01. The number of hydrogen-bond acceptors (Lipinski definition) is 3. The van der Waals surface area contributed by atoms with Gasteiger partial charge in [0.1, 0.15) is 5.69 Å². The van der Waals surface area contributed by atoms with Gasteiger partial charge >= 0.3 is 0 Å². The topological polar surface area (TPSA) is 29.2 Å². The summed E-state index contributed by atoms with van der Waals surface area (Å²) >= 11 is 0. The molecule has 0 radical (unpaired) electrons. The van der Waals surface area contributed by atoms with E-state index >= 15 is 17.6 Å². The van der Waals surface area contributed by atoms with Crippen LogP contribution in [0, 0.1) is 47.9 Å². The Balaban J connectivity index is 0.00000436. The summed E-state index contributed by atoms with van der Waals surface area (Å²) < 4.78 is 79.8. The minimum absolute atomic E-state index is 0. The maximum Gasteiger partial charge on any atom is 0.200 e. The third-order valence-corrected chi connectivity index (χ3v) is 10.3. The van der Waals surface area contributed by atoms with Crippen molar-refractivity contribution in [3.63, 3.8) is 0 Å². The molecule has 0 fully saturated rings. The van der Waals surface area contributed by atoms with Crippen LogP contribution in [0.25, 0.3) is 66.8 Å². The summed E-state index contributed by atoms with van der Waals surface area (Å²) in [6, 6.07) is 49.9. The van der Waals surface area contributed by atoms with Crippen LogP contribution in [-0.2, 0) is 21.1 Å². The van der Waals surface area contributed by atoms with Gasteiger partial charge in [0.05, 0.1) is 11.3 Å². The molecule has 1 aliphatic rings. The van der Waals surface area contributed by atoms with E-state index in [1.165, 1.54) is 4.68 Å². The van der Waals surface area contributed by atoms with Crippen LogP contribution >= 0.6 is 0 Å². The van der Waals surface area contributed by atoms with Crippen LogP contribution in [-0.4, -0.2) is 21.4 Å². The van der Waals surface area contributed by atoms with Gasteiger partial charge in [-0.1, -0.05) is 102 Å². The largest absolute Gasteiger partial charge is 0.504 e. The molecule has 7 aromatic carbocycles. The quantitative estimate of drug-likeness (QED) is 0.0720. The number of nitrogens with zero attached hydrogens (tertiary/aromatic N) is 5. The van der Waals surface area contributed by atoms with Crippen molar-refractivity contribution >= 4 is 38.9 Å². The van der Waals surface area contributed by atoms with E-state index in [-0.39, 0.29) is 38.0 Å². The predicted octanol–water partition coefficient (Wildman–Crippen LogP) is 12.0. The number of aromatic nitrogens is 3. The van der Waals surface area contributed by atoms with Crippen LogP contribution in [0.1, 0.15) is 0 Å². The molecular formula is C47H27F5N5Pt-3. The first-order valence-corrected chi connectivity index (χ1v) is 18.0. The first-order chi connectivity index (χ1) is 27.8. The van der Waals surface area contributed by atoms with Crippen LogP contribution in [0.5, 0.6) is 0 Å². The predicted molar refractivity (Wildman–Crippen MR) is 213 cm³/mol. The summed E-state index contributed by atoms with van der Waals surface area (Å²) in [7, 11) is 1.99. The number of halogens is 5. The zero-order valence-corrected chi connectivity index (χ0v) is 32.6. The molecule has 5 nitrogen and oxygen atoms in total. The fourth-order valence-electron chi connectivity index (χ4n) is 7.74. The van der Waals surface area contributed by atoms with Crippen LogP contribution in [0.4, 0.5) is 39.0 Å². The maximum absolute atomic E-state index is 15.9. The number of anilines is 3. The van der Waals surface area contributed by atoms with E-state index in [1.54, 1.807) is 66.7 Å². The summed E-state index contributed by atoms with van der Waals surface area (Å²) in [5, 5.41) is 6.72. The molecule has 11 heteroatoms. The summed E-state index contributed by atoms with van der Waals surface area (Å²) in [5.74, 6) is -10.3. The van der Waals surface area contributed by atoms with Crippen LogP contribution < -0.4 is 9.80 Å². The molecule has 0 bridgehead atoms. The van der Waals surface area contributed by atoms with Gasteiger partial charge < -0.3 is 14.4 Å². The Bertz CT molecular complexity index is 3010. The van der Waals surface area contributed by atoms with E-state index < -0.39 is 34.6 Å². The van der Waals surface area contributed by atoms with E-state index in [4.69, 9.17) is 5.10 Å². The Morgan fingerprint density at radius 2 is 1.12 bits per heavy atom. The second-order valence-corrected chi connectivity index (χ2v) is 13.6. The Labute approximate surface area is 344 Å². The first-order valence-electron chi connectivity index (χ1n) is 18.0. The van der Waals surface area contributed by atoms with Crippen molar-refractivity contribution in [3.05, 3.63) is 187 Å². The second-order valence-electron chi connectivity index (χ2n) is 13.6. The number of rotatable bonds is 6. The van der Waals surface area contributed by atoms with E-state index in [2.05, 4.69) is 34.1 Å². The summed E-state index contributed by atoms with van der Waals surface area (Å²) in [6.07, 6.45) is 0. The molecule has 0 unspecified atom stereocenters. The maximum atomic E-state index is 15.9. The molecular weight excluding hydrogens is 925 g/mol. The van der Waals surface area contributed by atoms with Gasteiger partial charge in [-0.05, 0) is 36.3 Å². The monoisotopic (exact) mass is 951 g/mol. The molecule has 0 saturated carbocycles. The summed E-state index contributed by atoms with van der Waals surface area (Å²) in [5.41, 5.74) is 5.10. The first kappa shape index (κ1) is 37.1. The van der Waals surface area contributed by atoms with Crippen LogP contribution in [0.2, 0.25) is 0 Å². The van der Waals surface area contributed by atoms with Gasteiger partial charge in [-0.15, -0.1) is 41.4 Å². The molecule has 0 N–H and O–H groups in total. The average Bonchev–Trinajstić information content (AvgIpc) is 3.92. The smallest absolute Gasteiger partial charge is 0.200 e. The van der Waals surface area contributed by atoms with Gasteiger partial charge in [-0.3, -0.25) is 4.68 Å². The van der Waals surface area contributed by atoms with E-state index in [1.807, 2.05) is 78.9 Å². The number of para-hydroxylation sites is 3. The van der Waals surface area contributed by atoms with Crippen molar-refractivity contribution in [1.82, 2.24) is 14.3 Å². The van der Waals surface area contributed by atoms with Gasteiger partial charge in [0.25, 0.3) is 0 Å². The normalized spacial score (nSPS) is 12.4. The molecule has 0 atom stereocenters. The third kappa shape index (κ3) is 5.73. The van der Waals surface area contributed by atoms with Gasteiger partial charge in [0.2, 0.25) is 5.82 Å². The van der Waals surface area contributed by atoms with E-state index in [9.17, 15) is 4.39 Å². The van der Waals surface area contributed by atoms with Gasteiger partial charge in [0, 0.05) is 54.6 Å². The summed E-state index contributed by atoms with van der Waals surface area (Å²) in [4.78, 5) is 4.12. The van der Waals surface area contributed by atoms with Crippen molar-refractivity contribution in [2.75, 3.05) is 16.8 Å². The minimum atomic E-state index is -2.24. The van der Waals surface area contributed by atoms with Crippen molar-refractivity contribution in [2.24, 2.45) is 0 Å².